The van der Waals surface area contributed by atoms with Crippen LogP contribution in [0.5, 0.6) is 0 Å². The first-order valence-electron chi connectivity index (χ1n) is 3.47. The normalized spacial score (nSPS) is 31.1. The number of hydrogen-bond donors (Lipinski definition) is 0. The molecule has 4 nitrogen and oxygen atoms in total. The molecule has 1 unspecified atom stereocenters. The van der Waals surface area contributed by atoms with Crippen molar-refractivity contribution in [2.24, 2.45) is 5.41 Å². The molecule has 0 N–H and O–H groups in total. The van der Waals surface area contributed by atoms with Crippen molar-refractivity contribution in [3.8, 4) is 0 Å². The van der Waals surface area contributed by atoms with Gasteiger partial charge in [0.1, 0.15) is 6.61 Å². The third-order valence-electron chi connectivity index (χ3n) is 1.96. The lowest BCUT2D eigenvalue weighted by molar-refractivity contribution is -0.162. The number of hydrogen-bond acceptors (Lipinski definition) is 4. The highest BCUT2D eigenvalue weighted by Crippen LogP contribution is 2.26. The van der Waals surface area contributed by atoms with Crippen molar-refractivity contribution < 1.29 is 19.1 Å². The Hall–Kier alpha value is -1.06. The Bertz CT molecular complexity index is 199. The molecule has 1 fully saturated rings. The van der Waals surface area contributed by atoms with Gasteiger partial charge in [-0.1, -0.05) is 6.92 Å². The standard InChI is InChI=1S/C7H10O4/c1-3-7(2)4-10-6(9)11-5(7)8/h3-4H2,1-2H3. The Kier molecular flexibility index (Phi) is 1.85. The van der Waals surface area contributed by atoms with Gasteiger partial charge in [0.05, 0.1) is 5.41 Å². The van der Waals surface area contributed by atoms with E-state index in [2.05, 4.69) is 9.47 Å². The van der Waals surface area contributed by atoms with E-state index in [1.54, 1.807) is 6.92 Å². The van der Waals surface area contributed by atoms with Crippen molar-refractivity contribution in [1.82, 2.24) is 0 Å². The van der Waals surface area contributed by atoms with Crippen LogP contribution in [0.1, 0.15) is 20.3 Å². The Morgan fingerprint density at radius 2 is 2.18 bits per heavy atom. The molecule has 0 bridgehead atoms. The Morgan fingerprint density at radius 3 is 2.64 bits per heavy atom. The van der Waals surface area contributed by atoms with E-state index in [1.165, 1.54) is 0 Å². The second kappa shape index (κ2) is 2.53. The van der Waals surface area contributed by atoms with Crippen LogP contribution < -0.4 is 0 Å². The zero-order valence-corrected chi connectivity index (χ0v) is 6.55. The lowest BCUT2D eigenvalue weighted by Gasteiger charge is -2.28. The first kappa shape index (κ1) is 8.04. The minimum absolute atomic E-state index is 0.126. The summed E-state index contributed by atoms with van der Waals surface area (Å²) in [6, 6.07) is 0. The van der Waals surface area contributed by atoms with Gasteiger partial charge in [0.25, 0.3) is 0 Å². The maximum atomic E-state index is 11.0. The topological polar surface area (TPSA) is 52.6 Å². The van der Waals surface area contributed by atoms with E-state index in [4.69, 9.17) is 0 Å². The largest absolute Gasteiger partial charge is 0.516 e. The summed E-state index contributed by atoms with van der Waals surface area (Å²) in [5.74, 6) is -0.490. The predicted octanol–water partition coefficient (Wildman–Crippen LogP) is 1.10. The SMILES string of the molecule is CCC1(C)COC(=O)OC1=O. The molecule has 0 aromatic heterocycles. The van der Waals surface area contributed by atoms with E-state index in [1.807, 2.05) is 6.92 Å². The lowest BCUT2D eigenvalue weighted by Crippen LogP contribution is -2.41. The van der Waals surface area contributed by atoms with E-state index in [9.17, 15) is 9.59 Å². The number of carbonyl (C=O) groups is 2. The van der Waals surface area contributed by atoms with Gasteiger partial charge in [-0.3, -0.25) is 4.79 Å². The molecule has 0 saturated carbocycles. The molecule has 62 valence electrons. The van der Waals surface area contributed by atoms with Crippen molar-refractivity contribution >= 4 is 12.1 Å². The first-order valence-corrected chi connectivity index (χ1v) is 3.47. The molecule has 1 heterocycles. The molecule has 0 aliphatic carbocycles. The van der Waals surface area contributed by atoms with Crippen LogP contribution in [-0.2, 0) is 14.3 Å². The molecule has 11 heavy (non-hydrogen) atoms. The third-order valence-corrected chi connectivity index (χ3v) is 1.96. The molecule has 0 radical (unpaired) electrons. The Morgan fingerprint density at radius 1 is 1.55 bits per heavy atom. The lowest BCUT2D eigenvalue weighted by atomic mass is 9.88. The molecular weight excluding hydrogens is 148 g/mol. The van der Waals surface area contributed by atoms with Crippen molar-refractivity contribution in [2.75, 3.05) is 6.61 Å². The van der Waals surface area contributed by atoms with Gasteiger partial charge < -0.3 is 9.47 Å². The molecule has 1 rings (SSSR count). The van der Waals surface area contributed by atoms with Crippen molar-refractivity contribution in [1.29, 1.82) is 0 Å². The molecule has 1 saturated heterocycles. The van der Waals surface area contributed by atoms with Crippen LogP contribution in [0, 0.1) is 5.41 Å². The second-order valence-corrected chi connectivity index (χ2v) is 2.84. The highest BCUT2D eigenvalue weighted by molar-refractivity contribution is 5.88. The molecule has 1 aliphatic rings. The molecule has 0 spiro atoms. The molecule has 4 heteroatoms. The van der Waals surface area contributed by atoms with Gasteiger partial charge in [-0.25, -0.2) is 4.79 Å². The molecule has 0 aromatic carbocycles. The maximum Gasteiger partial charge on any atom is 0.516 e. The van der Waals surface area contributed by atoms with Crippen LogP contribution in [0.25, 0.3) is 0 Å². The fourth-order valence-corrected chi connectivity index (χ4v) is 0.752. The van der Waals surface area contributed by atoms with E-state index in [0.717, 1.165) is 0 Å². The smallest absolute Gasteiger partial charge is 0.433 e. The third kappa shape index (κ3) is 1.34. The molecule has 1 aliphatic heterocycles. The Balaban J connectivity index is 2.71. The Labute approximate surface area is 64.5 Å². The predicted molar refractivity (Wildman–Crippen MR) is 35.8 cm³/mol. The average Bonchev–Trinajstić information content (AvgIpc) is 1.98. The second-order valence-electron chi connectivity index (χ2n) is 2.84. The van der Waals surface area contributed by atoms with Crippen LogP contribution in [0.2, 0.25) is 0 Å². The zero-order chi connectivity index (χ0) is 8.48. The summed E-state index contributed by atoms with van der Waals surface area (Å²) in [6.07, 6.45) is -0.278. The highest BCUT2D eigenvalue weighted by atomic mass is 16.8. The quantitative estimate of drug-likeness (QED) is 0.423. The molecule has 0 amide bonds. The minimum atomic E-state index is -0.888. The van der Waals surface area contributed by atoms with Gasteiger partial charge in [-0.2, -0.15) is 0 Å². The zero-order valence-electron chi connectivity index (χ0n) is 6.55. The van der Waals surface area contributed by atoms with Gasteiger partial charge in [-0.05, 0) is 13.3 Å². The summed E-state index contributed by atoms with van der Waals surface area (Å²) in [4.78, 5) is 21.4. The summed E-state index contributed by atoms with van der Waals surface area (Å²) < 4.78 is 8.87. The highest BCUT2D eigenvalue weighted by Gasteiger charge is 2.40. The van der Waals surface area contributed by atoms with Gasteiger partial charge in [0.15, 0.2) is 0 Å². The minimum Gasteiger partial charge on any atom is -0.433 e. The van der Waals surface area contributed by atoms with E-state index < -0.39 is 17.5 Å². The van der Waals surface area contributed by atoms with E-state index >= 15 is 0 Å². The molecule has 0 aromatic rings. The van der Waals surface area contributed by atoms with Crippen molar-refractivity contribution in [2.45, 2.75) is 20.3 Å². The number of cyclic esters (lactones) is 3. The fraction of sp³-hybridized carbons (Fsp3) is 0.714. The number of rotatable bonds is 1. The summed E-state index contributed by atoms with van der Waals surface area (Å²) in [7, 11) is 0. The van der Waals surface area contributed by atoms with Crippen LogP contribution in [0.15, 0.2) is 0 Å². The maximum absolute atomic E-state index is 11.0. The van der Waals surface area contributed by atoms with Crippen LogP contribution >= 0.6 is 0 Å². The van der Waals surface area contributed by atoms with E-state index in [0.29, 0.717) is 6.42 Å². The van der Waals surface area contributed by atoms with Crippen molar-refractivity contribution in [3.63, 3.8) is 0 Å². The number of carbonyl (C=O) groups excluding carboxylic acids is 2. The van der Waals surface area contributed by atoms with Gasteiger partial charge in [-0.15, -0.1) is 0 Å². The van der Waals surface area contributed by atoms with Crippen LogP contribution in [-0.4, -0.2) is 18.7 Å². The summed E-state index contributed by atoms with van der Waals surface area (Å²) in [5.41, 5.74) is -0.645. The van der Waals surface area contributed by atoms with Gasteiger partial charge in [0, 0.05) is 0 Å². The monoisotopic (exact) mass is 158 g/mol. The first-order chi connectivity index (χ1) is 5.08. The van der Waals surface area contributed by atoms with Gasteiger partial charge >= 0.3 is 12.1 Å². The summed E-state index contributed by atoms with van der Waals surface area (Å²) >= 11 is 0. The fourth-order valence-electron chi connectivity index (χ4n) is 0.752. The number of ether oxygens (including phenoxy) is 2. The summed E-state index contributed by atoms with van der Waals surface area (Å²) in [6.45, 7) is 3.68. The van der Waals surface area contributed by atoms with E-state index in [-0.39, 0.29) is 6.61 Å². The molecule has 1 atom stereocenters. The molecular formula is C7H10O4. The van der Waals surface area contributed by atoms with Crippen LogP contribution in [0.3, 0.4) is 0 Å². The average molecular weight is 158 g/mol. The van der Waals surface area contributed by atoms with Crippen molar-refractivity contribution in [3.05, 3.63) is 0 Å². The van der Waals surface area contributed by atoms with Gasteiger partial charge in [0.2, 0.25) is 0 Å². The van der Waals surface area contributed by atoms with Crippen LogP contribution in [0.4, 0.5) is 4.79 Å². The number of esters is 1. The summed E-state index contributed by atoms with van der Waals surface area (Å²) in [5, 5.41) is 0.